The van der Waals surface area contributed by atoms with Crippen molar-refractivity contribution in [1.29, 1.82) is 0 Å². The van der Waals surface area contributed by atoms with Gasteiger partial charge in [0, 0.05) is 30.8 Å². The second-order valence-electron chi connectivity index (χ2n) is 6.01. The van der Waals surface area contributed by atoms with E-state index in [9.17, 15) is 0 Å². The Morgan fingerprint density at radius 2 is 2.15 bits per heavy atom. The highest BCUT2D eigenvalue weighted by Gasteiger charge is 2.13. The number of nitrogens with one attached hydrogen (secondary N) is 1. The van der Waals surface area contributed by atoms with Gasteiger partial charge in [-0.2, -0.15) is 5.10 Å². The summed E-state index contributed by atoms with van der Waals surface area (Å²) in [4.78, 5) is 0. The van der Waals surface area contributed by atoms with Crippen LogP contribution in [0.3, 0.4) is 0 Å². The molecule has 0 spiro atoms. The molecule has 0 amide bonds. The summed E-state index contributed by atoms with van der Waals surface area (Å²) in [5.41, 5.74) is 2.14. The summed E-state index contributed by atoms with van der Waals surface area (Å²) >= 11 is 0. The van der Waals surface area contributed by atoms with E-state index < -0.39 is 0 Å². The molecule has 0 saturated heterocycles. The van der Waals surface area contributed by atoms with Crippen LogP contribution in [0.4, 0.5) is 0 Å². The van der Waals surface area contributed by atoms with Crippen molar-refractivity contribution in [3.8, 4) is 5.88 Å². The first-order valence-electron chi connectivity index (χ1n) is 6.79. The number of ether oxygens (including phenoxy) is 1. The summed E-state index contributed by atoms with van der Waals surface area (Å²) in [5.74, 6) is 1.59. The maximum atomic E-state index is 5.75. The molecule has 110 valence electrons. The number of furan rings is 1. The van der Waals surface area contributed by atoms with Crippen LogP contribution in [-0.4, -0.2) is 15.3 Å². The molecule has 0 aliphatic heterocycles. The zero-order chi connectivity index (χ0) is 14.8. The zero-order valence-electron chi connectivity index (χ0n) is 12.9. The summed E-state index contributed by atoms with van der Waals surface area (Å²) < 4.78 is 13.0. The van der Waals surface area contributed by atoms with Crippen molar-refractivity contribution in [3.63, 3.8) is 0 Å². The molecular formula is C15H23N3O2. The van der Waals surface area contributed by atoms with Gasteiger partial charge < -0.3 is 14.5 Å². The second kappa shape index (κ2) is 5.71. The number of aromatic nitrogens is 2. The van der Waals surface area contributed by atoms with E-state index in [0.717, 1.165) is 29.4 Å². The molecule has 20 heavy (non-hydrogen) atoms. The van der Waals surface area contributed by atoms with Crippen molar-refractivity contribution in [2.45, 2.75) is 46.4 Å². The van der Waals surface area contributed by atoms with E-state index in [2.05, 4.69) is 31.2 Å². The van der Waals surface area contributed by atoms with Gasteiger partial charge in [0.05, 0.1) is 12.0 Å². The number of rotatable bonds is 5. The lowest BCUT2D eigenvalue weighted by Gasteiger charge is -2.20. The van der Waals surface area contributed by atoms with E-state index in [1.165, 1.54) is 0 Å². The summed E-state index contributed by atoms with van der Waals surface area (Å²) in [7, 11) is 1.87. The van der Waals surface area contributed by atoms with Crippen LogP contribution in [0.2, 0.25) is 0 Å². The molecule has 5 heteroatoms. The third kappa shape index (κ3) is 3.87. The van der Waals surface area contributed by atoms with E-state index in [4.69, 9.17) is 9.15 Å². The molecule has 0 atom stereocenters. The molecule has 0 fully saturated rings. The van der Waals surface area contributed by atoms with Crippen LogP contribution in [0, 0.1) is 6.92 Å². The Kier molecular flexibility index (Phi) is 4.18. The predicted molar refractivity (Wildman–Crippen MR) is 77.6 cm³/mol. The van der Waals surface area contributed by atoms with Crippen LogP contribution in [0.15, 0.2) is 22.8 Å². The molecule has 0 bridgehead atoms. The summed E-state index contributed by atoms with van der Waals surface area (Å²) in [6, 6.07) is 3.89. The normalized spacial score (nSPS) is 11.8. The quantitative estimate of drug-likeness (QED) is 0.913. The first-order chi connectivity index (χ1) is 9.35. The Morgan fingerprint density at radius 3 is 2.75 bits per heavy atom. The molecule has 5 nitrogen and oxygen atoms in total. The summed E-state index contributed by atoms with van der Waals surface area (Å²) in [6.45, 7) is 9.54. The Balaban J connectivity index is 1.97. The van der Waals surface area contributed by atoms with Gasteiger partial charge in [0.1, 0.15) is 12.4 Å². The van der Waals surface area contributed by atoms with Crippen molar-refractivity contribution in [2.75, 3.05) is 0 Å². The average Bonchev–Trinajstić information content (AvgIpc) is 2.89. The molecule has 2 aromatic rings. The molecule has 2 heterocycles. The first-order valence-corrected chi connectivity index (χ1v) is 6.79. The molecule has 0 aliphatic carbocycles. The minimum absolute atomic E-state index is 0.0779. The van der Waals surface area contributed by atoms with E-state index in [-0.39, 0.29) is 5.54 Å². The molecule has 1 N–H and O–H groups in total. The van der Waals surface area contributed by atoms with Crippen LogP contribution in [0.25, 0.3) is 0 Å². The fourth-order valence-corrected chi connectivity index (χ4v) is 1.87. The molecule has 2 rings (SSSR count). The van der Waals surface area contributed by atoms with Crippen molar-refractivity contribution in [1.82, 2.24) is 15.1 Å². The van der Waals surface area contributed by atoms with Crippen LogP contribution < -0.4 is 10.1 Å². The Hall–Kier alpha value is -1.75. The van der Waals surface area contributed by atoms with E-state index in [0.29, 0.717) is 6.61 Å². The number of nitrogens with zero attached hydrogens (tertiary/aromatic N) is 2. The number of hydrogen-bond donors (Lipinski definition) is 1. The Labute approximate surface area is 119 Å². The fraction of sp³-hybridized carbons (Fsp3) is 0.533. The SMILES string of the molecule is Cc1cc(OCc2occc2CNC(C)(C)C)n(C)n1. The largest absolute Gasteiger partial charge is 0.470 e. The van der Waals surface area contributed by atoms with Gasteiger partial charge in [0.2, 0.25) is 5.88 Å². The Morgan fingerprint density at radius 1 is 1.40 bits per heavy atom. The predicted octanol–water partition coefficient (Wildman–Crippen LogP) is 2.79. The maximum absolute atomic E-state index is 5.75. The van der Waals surface area contributed by atoms with Gasteiger partial charge in [-0.3, -0.25) is 0 Å². The van der Waals surface area contributed by atoms with Crippen molar-refractivity contribution >= 4 is 0 Å². The highest BCUT2D eigenvalue weighted by Crippen LogP contribution is 2.17. The number of hydrogen-bond acceptors (Lipinski definition) is 4. The Bertz CT molecular complexity index is 564. The zero-order valence-corrected chi connectivity index (χ0v) is 12.9. The highest BCUT2D eigenvalue weighted by molar-refractivity contribution is 5.19. The monoisotopic (exact) mass is 277 g/mol. The lowest BCUT2D eigenvalue weighted by Crippen LogP contribution is -2.35. The van der Waals surface area contributed by atoms with Gasteiger partial charge in [-0.1, -0.05) is 0 Å². The van der Waals surface area contributed by atoms with Crippen molar-refractivity contribution in [2.24, 2.45) is 7.05 Å². The minimum atomic E-state index is 0.0779. The van der Waals surface area contributed by atoms with Gasteiger partial charge in [-0.05, 0) is 33.8 Å². The lowest BCUT2D eigenvalue weighted by molar-refractivity contribution is 0.246. The van der Waals surface area contributed by atoms with Crippen molar-refractivity contribution in [3.05, 3.63) is 35.4 Å². The fourth-order valence-electron chi connectivity index (χ4n) is 1.87. The molecular weight excluding hydrogens is 254 g/mol. The van der Waals surface area contributed by atoms with Crippen LogP contribution in [-0.2, 0) is 20.2 Å². The summed E-state index contributed by atoms with van der Waals surface area (Å²) in [5, 5.41) is 7.70. The van der Waals surface area contributed by atoms with Crippen LogP contribution >= 0.6 is 0 Å². The van der Waals surface area contributed by atoms with E-state index >= 15 is 0 Å². The van der Waals surface area contributed by atoms with Gasteiger partial charge in [0.25, 0.3) is 0 Å². The average molecular weight is 277 g/mol. The molecule has 0 unspecified atom stereocenters. The minimum Gasteiger partial charge on any atom is -0.470 e. The smallest absolute Gasteiger partial charge is 0.212 e. The lowest BCUT2D eigenvalue weighted by atomic mass is 10.1. The van der Waals surface area contributed by atoms with Gasteiger partial charge >= 0.3 is 0 Å². The molecule has 0 radical (unpaired) electrons. The first kappa shape index (κ1) is 14.7. The van der Waals surface area contributed by atoms with E-state index in [1.807, 2.05) is 26.1 Å². The third-order valence-corrected chi connectivity index (χ3v) is 2.96. The maximum Gasteiger partial charge on any atom is 0.212 e. The second-order valence-corrected chi connectivity index (χ2v) is 6.01. The van der Waals surface area contributed by atoms with Crippen LogP contribution in [0.5, 0.6) is 5.88 Å². The van der Waals surface area contributed by atoms with Gasteiger partial charge in [0.15, 0.2) is 0 Å². The van der Waals surface area contributed by atoms with Crippen LogP contribution in [0.1, 0.15) is 37.8 Å². The van der Waals surface area contributed by atoms with Crippen molar-refractivity contribution < 1.29 is 9.15 Å². The topological polar surface area (TPSA) is 52.2 Å². The number of aryl methyl sites for hydroxylation is 2. The van der Waals surface area contributed by atoms with E-state index in [1.54, 1.807) is 10.9 Å². The van der Waals surface area contributed by atoms with Gasteiger partial charge in [-0.25, -0.2) is 4.68 Å². The molecule has 0 saturated carbocycles. The highest BCUT2D eigenvalue weighted by atomic mass is 16.5. The third-order valence-electron chi connectivity index (χ3n) is 2.96. The standard InChI is InChI=1S/C15H23N3O2/c1-11-8-14(18(5)17-11)20-10-13-12(6-7-19-13)9-16-15(2,3)4/h6-8,16H,9-10H2,1-5H3. The summed E-state index contributed by atoms with van der Waals surface area (Å²) in [6.07, 6.45) is 1.70. The molecule has 0 aliphatic rings. The molecule has 0 aromatic carbocycles. The van der Waals surface area contributed by atoms with Gasteiger partial charge in [-0.15, -0.1) is 0 Å². The molecule has 2 aromatic heterocycles.